The van der Waals surface area contributed by atoms with Gasteiger partial charge in [0.05, 0.1) is 24.3 Å². The van der Waals surface area contributed by atoms with Crippen LogP contribution in [0.5, 0.6) is 5.75 Å². The van der Waals surface area contributed by atoms with Gasteiger partial charge in [0.2, 0.25) is 0 Å². The summed E-state index contributed by atoms with van der Waals surface area (Å²) in [6.45, 7) is 3.79. The van der Waals surface area contributed by atoms with Gasteiger partial charge in [0.25, 0.3) is 11.7 Å². The Hall–Kier alpha value is -3.93. The Morgan fingerprint density at radius 2 is 1.66 bits per heavy atom. The molecular formula is C26H22FNO4. The van der Waals surface area contributed by atoms with Crippen molar-refractivity contribution in [2.75, 3.05) is 12.0 Å². The van der Waals surface area contributed by atoms with Crippen LogP contribution < -0.4 is 9.64 Å². The number of hydrogen-bond donors (Lipinski definition) is 1. The Labute approximate surface area is 185 Å². The van der Waals surface area contributed by atoms with E-state index >= 15 is 0 Å². The number of nitrogens with zero attached hydrogens (tertiary/aromatic N) is 1. The monoisotopic (exact) mass is 431 g/mol. The summed E-state index contributed by atoms with van der Waals surface area (Å²) < 4.78 is 19.3. The highest BCUT2D eigenvalue weighted by Crippen LogP contribution is 2.43. The van der Waals surface area contributed by atoms with Crippen LogP contribution in [-0.2, 0) is 9.59 Å². The Morgan fingerprint density at radius 3 is 2.31 bits per heavy atom. The first-order valence-corrected chi connectivity index (χ1v) is 10.1. The van der Waals surface area contributed by atoms with Crippen molar-refractivity contribution in [1.82, 2.24) is 0 Å². The van der Waals surface area contributed by atoms with E-state index in [0.717, 1.165) is 17.2 Å². The van der Waals surface area contributed by atoms with Gasteiger partial charge in [0, 0.05) is 5.69 Å². The van der Waals surface area contributed by atoms with E-state index in [9.17, 15) is 19.1 Å². The summed E-state index contributed by atoms with van der Waals surface area (Å²) in [6, 6.07) is 17.4. The zero-order valence-corrected chi connectivity index (χ0v) is 17.9. The minimum absolute atomic E-state index is 0.00685. The van der Waals surface area contributed by atoms with Crippen LogP contribution >= 0.6 is 0 Å². The average molecular weight is 431 g/mol. The number of aryl methyl sites for hydroxylation is 2. The maximum Gasteiger partial charge on any atom is 0.300 e. The van der Waals surface area contributed by atoms with Crippen LogP contribution in [0.25, 0.3) is 5.76 Å². The summed E-state index contributed by atoms with van der Waals surface area (Å²) >= 11 is 0. The molecule has 1 aliphatic heterocycles. The van der Waals surface area contributed by atoms with Crippen LogP contribution in [0.2, 0.25) is 0 Å². The van der Waals surface area contributed by atoms with Crippen molar-refractivity contribution in [3.63, 3.8) is 0 Å². The largest absolute Gasteiger partial charge is 0.507 e. The number of Topliss-reactive ketones (excluding diaryl/α,β-unsaturated/α-hetero) is 1. The first-order chi connectivity index (χ1) is 15.3. The molecule has 3 aromatic rings. The Kier molecular flexibility index (Phi) is 5.53. The summed E-state index contributed by atoms with van der Waals surface area (Å²) in [5, 5.41) is 11.2. The van der Waals surface area contributed by atoms with E-state index in [1.807, 2.05) is 38.1 Å². The predicted molar refractivity (Wildman–Crippen MR) is 120 cm³/mol. The molecule has 0 radical (unpaired) electrons. The van der Waals surface area contributed by atoms with Crippen molar-refractivity contribution in [1.29, 1.82) is 0 Å². The first kappa shape index (κ1) is 21.3. The Balaban J connectivity index is 2.00. The maximum absolute atomic E-state index is 14.0. The molecule has 1 unspecified atom stereocenters. The van der Waals surface area contributed by atoms with Gasteiger partial charge in [0.1, 0.15) is 17.3 Å². The number of hydrogen-bond acceptors (Lipinski definition) is 4. The topological polar surface area (TPSA) is 66.8 Å². The lowest BCUT2D eigenvalue weighted by atomic mass is 9.94. The second-order valence-electron chi connectivity index (χ2n) is 7.77. The molecule has 32 heavy (non-hydrogen) atoms. The fourth-order valence-corrected chi connectivity index (χ4v) is 4.04. The van der Waals surface area contributed by atoms with Crippen LogP contribution in [0, 0.1) is 19.7 Å². The molecule has 1 saturated heterocycles. The first-order valence-electron chi connectivity index (χ1n) is 10.1. The van der Waals surface area contributed by atoms with Gasteiger partial charge in [-0.2, -0.15) is 0 Å². The Bertz CT molecular complexity index is 1260. The molecule has 0 aliphatic carbocycles. The number of anilines is 1. The van der Waals surface area contributed by atoms with Crippen LogP contribution in [0.15, 0.2) is 72.3 Å². The molecular weight excluding hydrogens is 409 g/mol. The van der Waals surface area contributed by atoms with Crippen LogP contribution in [-0.4, -0.2) is 23.9 Å². The standard InChI is InChI=1S/C26H22FNO4/c1-15-6-4-8-17(12-15)23-22(24(29)20-14-18(27)10-11-21(20)32-3)25(30)26(31)28(23)19-9-5-7-16(2)13-19/h4-14,23,29H,1-3H3/b24-22+. The molecule has 3 aromatic carbocycles. The molecule has 1 aliphatic rings. The Morgan fingerprint density at radius 1 is 0.969 bits per heavy atom. The lowest BCUT2D eigenvalue weighted by Crippen LogP contribution is -2.29. The van der Waals surface area contributed by atoms with Crippen molar-refractivity contribution < 1.29 is 23.8 Å². The maximum atomic E-state index is 14.0. The van der Waals surface area contributed by atoms with Gasteiger partial charge >= 0.3 is 0 Å². The summed E-state index contributed by atoms with van der Waals surface area (Å²) in [4.78, 5) is 27.8. The number of halogens is 1. The molecule has 5 nitrogen and oxygen atoms in total. The van der Waals surface area contributed by atoms with E-state index in [4.69, 9.17) is 4.74 Å². The molecule has 162 valence electrons. The van der Waals surface area contributed by atoms with Crippen LogP contribution in [0.1, 0.15) is 28.3 Å². The van der Waals surface area contributed by atoms with E-state index < -0.39 is 29.3 Å². The van der Waals surface area contributed by atoms with Crippen molar-refractivity contribution in [2.24, 2.45) is 0 Å². The molecule has 0 aromatic heterocycles. The molecule has 0 spiro atoms. The second kappa shape index (κ2) is 8.30. The highest BCUT2D eigenvalue weighted by Gasteiger charge is 2.47. The SMILES string of the molecule is COc1ccc(F)cc1/C(O)=C1\C(=O)C(=O)N(c2cccc(C)c2)C1c1cccc(C)c1. The number of aliphatic hydroxyl groups excluding tert-OH is 1. The number of ether oxygens (including phenoxy) is 1. The smallest absolute Gasteiger partial charge is 0.300 e. The predicted octanol–water partition coefficient (Wildman–Crippen LogP) is 5.08. The number of benzene rings is 3. The number of rotatable bonds is 4. The highest BCUT2D eigenvalue weighted by molar-refractivity contribution is 6.51. The van der Waals surface area contributed by atoms with Crippen LogP contribution in [0.4, 0.5) is 10.1 Å². The third kappa shape index (κ3) is 3.64. The molecule has 1 heterocycles. The number of carbonyl (C=O) groups is 2. The third-order valence-corrected chi connectivity index (χ3v) is 5.50. The minimum atomic E-state index is -0.885. The average Bonchev–Trinajstić information content (AvgIpc) is 3.04. The number of aliphatic hydroxyl groups is 1. The molecule has 0 bridgehead atoms. The summed E-state index contributed by atoms with van der Waals surface area (Å²) in [6.07, 6.45) is 0. The quantitative estimate of drug-likeness (QED) is 0.356. The second-order valence-corrected chi connectivity index (χ2v) is 7.77. The fraction of sp³-hybridized carbons (Fsp3) is 0.154. The summed E-state index contributed by atoms with van der Waals surface area (Å²) in [5.74, 6) is -2.51. The zero-order chi connectivity index (χ0) is 23.0. The van der Waals surface area contributed by atoms with Gasteiger partial charge in [-0.05, 0) is 55.3 Å². The van der Waals surface area contributed by atoms with E-state index in [0.29, 0.717) is 11.3 Å². The molecule has 1 N–H and O–H groups in total. The van der Waals surface area contributed by atoms with E-state index in [1.165, 1.54) is 24.1 Å². The molecule has 1 amide bonds. The number of carbonyl (C=O) groups excluding carboxylic acids is 2. The van der Waals surface area contributed by atoms with E-state index in [-0.39, 0.29) is 16.9 Å². The van der Waals surface area contributed by atoms with E-state index in [2.05, 4.69) is 0 Å². The van der Waals surface area contributed by atoms with Gasteiger partial charge in [-0.3, -0.25) is 14.5 Å². The van der Waals surface area contributed by atoms with Crippen molar-refractivity contribution in [3.05, 3.63) is 100 Å². The summed E-state index contributed by atoms with van der Waals surface area (Å²) in [5.41, 5.74) is 2.92. The van der Waals surface area contributed by atoms with Gasteiger partial charge in [0.15, 0.2) is 0 Å². The fourth-order valence-electron chi connectivity index (χ4n) is 4.04. The molecule has 0 saturated carbocycles. The lowest BCUT2D eigenvalue weighted by Gasteiger charge is -2.26. The molecule has 4 rings (SSSR count). The zero-order valence-electron chi connectivity index (χ0n) is 17.9. The van der Waals surface area contributed by atoms with E-state index in [1.54, 1.807) is 24.3 Å². The summed E-state index contributed by atoms with van der Waals surface area (Å²) in [7, 11) is 1.38. The minimum Gasteiger partial charge on any atom is -0.507 e. The van der Waals surface area contributed by atoms with Gasteiger partial charge in [-0.1, -0.05) is 42.0 Å². The van der Waals surface area contributed by atoms with Crippen molar-refractivity contribution in [2.45, 2.75) is 19.9 Å². The van der Waals surface area contributed by atoms with Crippen molar-refractivity contribution in [3.8, 4) is 5.75 Å². The number of amides is 1. The molecule has 1 atom stereocenters. The van der Waals surface area contributed by atoms with Crippen molar-refractivity contribution >= 4 is 23.1 Å². The molecule has 1 fully saturated rings. The number of ketones is 1. The van der Waals surface area contributed by atoms with Gasteiger partial charge in [-0.15, -0.1) is 0 Å². The van der Waals surface area contributed by atoms with Gasteiger partial charge < -0.3 is 9.84 Å². The normalized spacial score (nSPS) is 17.6. The van der Waals surface area contributed by atoms with Gasteiger partial charge in [-0.25, -0.2) is 4.39 Å². The number of methoxy groups -OCH3 is 1. The highest BCUT2D eigenvalue weighted by atomic mass is 19.1. The molecule has 6 heteroatoms. The van der Waals surface area contributed by atoms with Crippen LogP contribution in [0.3, 0.4) is 0 Å². The third-order valence-electron chi connectivity index (χ3n) is 5.50. The lowest BCUT2D eigenvalue weighted by molar-refractivity contribution is -0.132.